The van der Waals surface area contributed by atoms with E-state index in [2.05, 4.69) is 49.4 Å². The molecule has 0 amide bonds. The molecule has 0 unspecified atom stereocenters. The van der Waals surface area contributed by atoms with E-state index in [0.717, 1.165) is 5.56 Å². The quantitative estimate of drug-likeness (QED) is 0.625. The molecule has 20 heavy (non-hydrogen) atoms. The maximum Gasteiger partial charge on any atom is 0.0991 e. The van der Waals surface area contributed by atoms with Crippen molar-refractivity contribution >= 4 is 11.3 Å². The van der Waals surface area contributed by atoms with Gasteiger partial charge in [-0.1, -0.05) is 42.5 Å². The monoisotopic (exact) mass is 275 g/mol. The molecule has 2 aromatic carbocycles. The lowest BCUT2D eigenvalue weighted by Gasteiger charge is -2.00. The second kappa shape index (κ2) is 5.32. The molecule has 1 heterocycles. The van der Waals surface area contributed by atoms with Crippen LogP contribution in [0.5, 0.6) is 0 Å². The van der Waals surface area contributed by atoms with Crippen molar-refractivity contribution in [1.29, 1.82) is 5.26 Å². The SMILES string of the molecule is Cc1cc(-c2ccccc2)sc1-c1cccc(C#N)c1. The van der Waals surface area contributed by atoms with Crippen molar-refractivity contribution in [2.75, 3.05) is 0 Å². The molecule has 0 bridgehead atoms. The topological polar surface area (TPSA) is 23.8 Å². The Morgan fingerprint density at radius 3 is 2.40 bits per heavy atom. The summed E-state index contributed by atoms with van der Waals surface area (Å²) >= 11 is 1.78. The molecule has 0 saturated heterocycles. The van der Waals surface area contributed by atoms with Gasteiger partial charge in [0.25, 0.3) is 0 Å². The highest BCUT2D eigenvalue weighted by molar-refractivity contribution is 7.19. The van der Waals surface area contributed by atoms with E-state index in [9.17, 15) is 0 Å². The number of rotatable bonds is 2. The van der Waals surface area contributed by atoms with Gasteiger partial charge in [-0.2, -0.15) is 5.26 Å². The van der Waals surface area contributed by atoms with E-state index < -0.39 is 0 Å². The minimum absolute atomic E-state index is 0.705. The minimum Gasteiger partial charge on any atom is -0.192 e. The molecule has 0 radical (unpaired) electrons. The fourth-order valence-corrected chi connectivity index (χ4v) is 3.42. The van der Waals surface area contributed by atoms with Gasteiger partial charge in [0.1, 0.15) is 0 Å². The van der Waals surface area contributed by atoms with Gasteiger partial charge in [0.2, 0.25) is 0 Å². The summed E-state index contributed by atoms with van der Waals surface area (Å²) < 4.78 is 0. The van der Waals surface area contributed by atoms with Gasteiger partial charge in [0.05, 0.1) is 11.6 Å². The molecule has 1 aromatic heterocycles. The predicted octanol–water partition coefficient (Wildman–Crippen LogP) is 5.26. The van der Waals surface area contributed by atoms with E-state index >= 15 is 0 Å². The summed E-state index contributed by atoms with van der Waals surface area (Å²) in [4.78, 5) is 2.50. The van der Waals surface area contributed by atoms with Crippen molar-refractivity contribution in [2.24, 2.45) is 0 Å². The van der Waals surface area contributed by atoms with Crippen LogP contribution < -0.4 is 0 Å². The number of aryl methyl sites for hydroxylation is 1. The first-order chi connectivity index (χ1) is 9.78. The van der Waals surface area contributed by atoms with Gasteiger partial charge < -0.3 is 0 Å². The van der Waals surface area contributed by atoms with Crippen LogP contribution in [0, 0.1) is 18.3 Å². The number of hydrogen-bond acceptors (Lipinski definition) is 2. The summed E-state index contributed by atoms with van der Waals surface area (Å²) in [5.41, 5.74) is 4.32. The molecule has 0 atom stereocenters. The van der Waals surface area contributed by atoms with Crippen LogP contribution in [0.25, 0.3) is 20.9 Å². The fraction of sp³-hybridized carbons (Fsp3) is 0.0556. The molecule has 1 nitrogen and oxygen atoms in total. The van der Waals surface area contributed by atoms with Crippen LogP contribution in [0.15, 0.2) is 60.7 Å². The summed E-state index contributed by atoms with van der Waals surface area (Å²) in [6.07, 6.45) is 0. The summed E-state index contributed by atoms with van der Waals surface area (Å²) in [7, 11) is 0. The molecule has 0 aliphatic carbocycles. The largest absolute Gasteiger partial charge is 0.192 e. The van der Waals surface area contributed by atoms with Crippen LogP contribution in [-0.2, 0) is 0 Å². The first-order valence-corrected chi connectivity index (χ1v) is 7.26. The van der Waals surface area contributed by atoms with Crippen LogP contribution in [0.1, 0.15) is 11.1 Å². The molecular weight excluding hydrogens is 262 g/mol. The second-order valence-electron chi connectivity index (χ2n) is 4.68. The number of nitrogens with zero attached hydrogens (tertiary/aromatic N) is 1. The van der Waals surface area contributed by atoms with Crippen LogP contribution >= 0.6 is 11.3 Å². The third-order valence-electron chi connectivity index (χ3n) is 3.23. The molecular formula is C18H13NS. The highest BCUT2D eigenvalue weighted by Crippen LogP contribution is 2.37. The molecule has 0 spiro atoms. The summed E-state index contributed by atoms with van der Waals surface area (Å²) in [6, 6.07) is 22.6. The van der Waals surface area contributed by atoms with Gasteiger partial charge in [-0.15, -0.1) is 11.3 Å². The Morgan fingerprint density at radius 1 is 0.900 bits per heavy atom. The van der Waals surface area contributed by atoms with Crippen molar-refractivity contribution in [3.8, 4) is 27.0 Å². The second-order valence-corrected chi connectivity index (χ2v) is 5.73. The first-order valence-electron chi connectivity index (χ1n) is 6.44. The number of benzene rings is 2. The fourth-order valence-electron chi connectivity index (χ4n) is 2.24. The van der Waals surface area contributed by atoms with E-state index in [0.29, 0.717) is 5.56 Å². The first kappa shape index (κ1) is 12.7. The van der Waals surface area contributed by atoms with E-state index in [1.54, 1.807) is 11.3 Å². The van der Waals surface area contributed by atoms with Crippen molar-refractivity contribution < 1.29 is 0 Å². The Labute approximate surface area is 122 Å². The van der Waals surface area contributed by atoms with Crippen LogP contribution in [0.3, 0.4) is 0 Å². The molecule has 3 aromatic rings. The number of nitriles is 1. The zero-order chi connectivity index (χ0) is 13.9. The molecule has 2 heteroatoms. The Kier molecular flexibility index (Phi) is 3.37. The van der Waals surface area contributed by atoms with Crippen LogP contribution in [0.4, 0.5) is 0 Å². The smallest absolute Gasteiger partial charge is 0.0991 e. The lowest BCUT2D eigenvalue weighted by Crippen LogP contribution is -1.78. The average molecular weight is 275 g/mol. The van der Waals surface area contributed by atoms with Gasteiger partial charge in [0.15, 0.2) is 0 Å². The summed E-state index contributed by atoms with van der Waals surface area (Å²) in [5, 5.41) is 9.01. The van der Waals surface area contributed by atoms with Crippen molar-refractivity contribution in [2.45, 2.75) is 6.92 Å². The Bertz CT molecular complexity index is 779. The molecule has 0 fully saturated rings. The van der Waals surface area contributed by atoms with Gasteiger partial charge in [0, 0.05) is 9.75 Å². The standard InChI is InChI=1S/C18H13NS/c1-13-10-17(15-7-3-2-4-8-15)20-18(13)16-9-5-6-14(11-16)12-19/h2-11H,1H3. The maximum absolute atomic E-state index is 9.01. The summed E-state index contributed by atoms with van der Waals surface area (Å²) in [5.74, 6) is 0. The van der Waals surface area contributed by atoms with Crippen molar-refractivity contribution in [3.63, 3.8) is 0 Å². The van der Waals surface area contributed by atoms with Gasteiger partial charge >= 0.3 is 0 Å². The van der Waals surface area contributed by atoms with E-state index in [1.807, 2.05) is 24.3 Å². The zero-order valence-corrected chi connectivity index (χ0v) is 11.9. The maximum atomic E-state index is 9.01. The third kappa shape index (κ3) is 2.36. The van der Waals surface area contributed by atoms with Crippen LogP contribution in [0.2, 0.25) is 0 Å². The van der Waals surface area contributed by atoms with Gasteiger partial charge in [-0.05, 0) is 41.8 Å². The Hall–Kier alpha value is -2.37. The molecule has 0 saturated carbocycles. The minimum atomic E-state index is 0.705. The molecule has 0 N–H and O–H groups in total. The normalized spacial score (nSPS) is 10.2. The highest BCUT2D eigenvalue weighted by Gasteiger charge is 2.09. The lowest BCUT2D eigenvalue weighted by molar-refractivity contribution is 1.48. The molecule has 96 valence electrons. The van der Waals surface area contributed by atoms with Gasteiger partial charge in [-0.3, -0.25) is 0 Å². The Balaban J connectivity index is 2.08. The van der Waals surface area contributed by atoms with Crippen LogP contribution in [-0.4, -0.2) is 0 Å². The van der Waals surface area contributed by atoms with Crippen molar-refractivity contribution in [3.05, 3.63) is 71.8 Å². The zero-order valence-electron chi connectivity index (χ0n) is 11.1. The molecule has 0 aliphatic heterocycles. The number of hydrogen-bond donors (Lipinski definition) is 0. The predicted molar refractivity (Wildman–Crippen MR) is 84.6 cm³/mol. The average Bonchev–Trinajstić information content (AvgIpc) is 2.90. The van der Waals surface area contributed by atoms with Gasteiger partial charge in [-0.25, -0.2) is 0 Å². The van der Waals surface area contributed by atoms with Crippen molar-refractivity contribution in [1.82, 2.24) is 0 Å². The summed E-state index contributed by atoms with van der Waals surface area (Å²) in [6.45, 7) is 2.12. The third-order valence-corrected chi connectivity index (χ3v) is 4.57. The lowest BCUT2D eigenvalue weighted by atomic mass is 10.1. The Morgan fingerprint density at radius 2 is 1.65 bits per heavy atom. The number of thiophene rings is 1. The highest BCUT2D eigenvalue weighted by atomic mass is 32.1. The molecule has 0 aliphatic rings. The molecule has 3 rings (SSSR count). The van der Waals surface area contributed by atoms with E-state index in [-0.39, 0.29) is 0 Å². The van der Waals surface area contributed by atoms with E-state index in [1.165, 1.54) is 20.9 Å². The van der Waals surface area contributed by atoms with E-state index in [4.69, 9.17) is 5.26 Å².